The van der Waals surface area contributed by atoms with Crippen LogP contribution in [0, 0.1) is 19.3 Å². The third kappa shape index (κ3) is 1.68. The first-order chi connectivity index (χ1) is 7.52. The molecule has 0 bridgehead atoms. The summed E-state index contributed by atoms with van der Waals surface area (Å²) in [7, 11) is -0.100. The Morgan fingerprint density at radius 2 is 2.06 bits per heavy atom. The Hall–Kier alpha value is -1.13. The number of hydrogen-bond donors (Lipinski definition) is 1. The van der Waals surface area contributed by atoms with Crippen molar-refractivity contribution in [1.29, 1.82) is 5.41 Å². The summed E-state index contributed by atoms with van der Waals surface area (Å²) < 4.78 is 1.93. The van der Waals surface area contributed by atoms with Gasteiger partial charge in [0.25, 0.3) is 0 Å². The summed E-state index contributed by atoms with van der Waals surface area (Å²) in [6.07, 6.45) is 3.78. The Balaban J connectivity index is 2.70. The maximum absolute atomic E-state index is 8.10. The van der Waals surface area contributed by atoms with Gasteiger partial charge >= 0.3 is 4.80 Å². The number of nitrogens with one attached hydrogen (secondary N) is 1. The number of halogens is 1. The smallest absolute Gasteiger partial charge is 0.248 e. The number of thiazole rings is 1. The molecule has 1 atom stereocenters. The monoisotopic (exact) mass is 254 g/mol. The fourth-order valence-electron chi connectivity index (χ4n) is 1.62. The molecule has 0 amide bonds. The van der Waals surface area contributed by atoms with Gasteiger partial charge in [0.1, 0.15) is 11.4 Å². The molecule has 0 aliphatic heterocycles. The molecule has 1 unspecified atom stereocenters. The Kier molecular flexibility index (Phi) is 2.86. The normalized spacial score (nSPS) is 11.9. The van der Waals surface area contributed by atoms with Gasteiger partial charge < -0.3 is 0 Å². The van der Waals surface area contributed by atoms with Gasteiger partial charge in [0.2, 0.25) is 0 Å². The molecule has 5 heteroatoms. The topological polar surface area (TPSA) is 41.7 Å². The number of rotatable bonds is 1. The molecule has 2 aromatic heterocycles. The summed E-state index contributed by atoms with van der Waals surface area (Å²) in [4.78, 5) is 5.94. The highest BCUT2D eigenvalue weighted by atomic mass is 35.5. The predicted molar refractivity (Wildman–Crippen MR) is 67.4 cm³/mol. The molecule has 0 aliphatic rings. The van der Waals surface area contributed by atoms with E-state index in [1.165, 1.54) is 4.88 Å². The van der Waals surface area contributed by atoms with Crippen molar-refractivity contribution in [3.63, 3.8) is 0 Å². The van der Waals surface area contributed by atoms with Crippen LogP contribution in [0.25, 0.3) is 5.69 Å². The summed E-state index contributed by atoms with van der Waals surface area (Å²) in [6, 6.07) is 3.64. The second kappa shape index (κ2) is 4.03. The first-order valence-electron chi connectivity index (χ1n) is 4.86. The summed E-state index contributed by atoms with van der Waals surface area (Å²) in [5.41, 5.74) is 2.03. The fraction of sp³-hybridized carbons (Fsp3) is 0.273. The van der Waals surface area contributed by atoms with Crippen LogP contribution in [0.5, 0.6) is 0 Å². The van der Waals surface area contributed by atoms with Crippen molar-refractivity contribution < 1.29 is 0 Å². The SMILES string of the molecule is Cc1c(C)[s+](C)c(=N)n1-c1ccc(Cl)nc1. The molecular weight excluding hydrogens is 242 g/mol. The van der Waals surface area contributed by atoms with Gasteiger partial charge in [-0.25, -0.2) is 15.0 Å². The second-order valence-electron chi connectivity index (χ2n) is 3.63. The summed E-state index contributed by atoms with van der Waals surface area (Å²) in [6.45, 7) is 4.12. The maximum atomic E-state index is 8.10. The van der Waals surface area contributed by atoms with E-state index in [9.17, 15) is 0 Å². The molecular formula is C11H13ClN3S+. The lowest BCUT2D eigenvalue weighted by molar-refractivity contribution is 0.919. The van der Waals surface area contributed by atoms with Gasteiger partial charge in [0.15, 0.2) is 4.88 Å². The van der Waals surface area contributed by atoms with E-state index in [0.717, 1.165) is 11.4 Å². The lowest BCUT2D eigenvalue weighted by Crippen LogP contribution is -2.13. The molecule has 1 N–H and O–H groups in total. The van der Waals surface area contributed by atoms with Gasteiger partial charge in [0.05, 0.1) is 17.6 Å². The molecule has 2 rings (SSSR count). The first kappa shape index (κ1) is 11.4. The van der Waals surface area contributed by atoms with Gasteiger partial charge in [-0.05, 0) is 19.1 Å². The highest BCUT2D eigenvalue weighted by molar-refractivity contribution is 7.27. The number of pyridine rings is 1. The van der Waals surface area contributed by atoms with E-state index < -0.39 is 0 Å². The highest BCUT2D eigenvalue weighted by Crippen LogP contribution is 2.22. The number of nitrogens with zero attached hydrogens (tertiary/aromatic N) is 2. The van der Waals surface area contributed by atoms with E-state index >= 15 is 0 Å². The van der Waals surface area contributed by atoms with Crippen LogP contribution < -0.4 is 4.80 Å². The molecule has 0 radical (unpaired) electrons. The van der Waals surface area contributed by atoms with E-state index in [0.29, 0.717) is 9.95 Å². The Morgan fingerprint density at radius 1 is 1.38 bits per heavy atom. The van der Waals surface area contributed by atoms with E-state index in [2.05, 4.69) is 18.2 Å². The van der Waals surface area contributed by atoms with Gasteiger partial charge in [0, 0.05) is 17.4 Å². The zero-order chi connectivity index (χ0) is 11.9. The van der Waals surface area contributed by atoms with Crippen molar-refractivity contribution in [3.8, 4) is 5.69 Å². The minimum atomic E-state index is -0.100. The molecule has 0 spiro atoms. The van der Waals surface area contributed by atoms with Crippen molar-refractivity contribution in [2.24, 2.45) is 6.26 Å². The van der Waals surface area contributed by atoms with E-state index in [1.54, 1.807) is 12.3 Å². The van der Waals surface area contributed by atoms with Crippen LogP contribution in [0.4, 0.5) is 0 Å². The summed E-state index contributed by atoms with van der Waals surface area (Å²) in [5.74, 6) is 0. The molecule has 0 aliphatic carbocycles. The van der Waals surface area contributed by atoms with Gasteiger partial charge in [-0.3, -0.25) is 0 Å². The molecule has 84 valence electrons. The molecule has 0 saturated heterocycles. The zero-order valence-corrected chi connectivity index (χ0v) is 11.0. The van der Waals surface area contributed by atoms with Crippen LogP contribution in [0.2, 0.25) is 5.15 Å². The number of aromatic nitrogens is 2. The molecule has 0 aromatic carbocycles. The van der Waals surface area contributed by atoms with Crippen LogP contribution in [-0.2, 0) is 6.26 Å². The standard InChI is InChI=1S/C11H13ClN3S/c1-7-8(2)16(3)11(13)15(7)9-4-5-10(12)14-6-9/h4-6,13H,1-3H3/q+1. The predicted octanol–water partition coefficient (Wildman–Crippen LogP) is 2.91. The third-order valence-electron chi connectivity index (χ3n) is 2.77. The number of hydrogen-bond acceptors (Lipinski definition) is 2. The van der Waals surface area contributed by atoms with Gasteiger partial charge in [-0.2, -0.15) is 0 Å². The third-order valence-corrected chi connectivity index (χ3v) is 4.97. The Bertz CT molecular complexity index is 581. The first-order valence-corrected chi connectivity index (χ1v) is 6.87. The van der Waals surface area contributed by atoms with Gasteiger partial charge in [-0.1, -0.05) is 11.6 Å². The summed E-state index contributed by atoms with van der Waals surface area (Å²) >= 11 is 5.75. The molecule has 3 nitrogen and oxygen atoms in total. The van der Waals surface area contributed by atoms with E-state index in [-0.39, 0.29) is 10.5 Å². The molecule has 0 saturated carbocycles. The van der Waals surface area contributed by atoms with Crippen molar-refractivity contribution in [2.45, 2.75) is 13.8 Å². The zero-order valence-electron chi connectivity index (χ0n) is 9.41. The minimum Gasteiger partial charge on any atom is -0.248 e. The maximum Gasteiger partial charge on any atom is 0.343 e. The van der Waals surface area contributed by atoms with Crippen LogP contribution >= 0.6 is 22.1 Å². The Morgan fingerprint density at radius 3 is 2.50 bits per heavy atom. The van der Waals surface area contributed by atoms with Crippen LogP contribution in [0.3, 0.4) is 0 Å². The minimum absolute atomic E-state index is 0.100. The van der Waals surface area contributed by atoms with Crippen LogP contribution in [0.1, 0.15) is 10.6 Å². The lowest BCUT2D eigenvalue weighted by Gasteiger charge is -2.01. The Labute approximate surface area is 102 Å². The molecule has 0 fully saturated rings. The molecule has 16 heavy (non-hydrogen) atoms. The van der Waals surface area contributed by atoms with Crippen molar-refractivity contribution in [3.05, 3.63) is 38.9 Å². The average molecular weight is 255 g/mol. The van der Waals surface area contributed by atoms with Crippen LogP contribution in [-0.4, -0.2) is 9.55 Å². The fourth-order valence-corrected chi connectivity index (χ4v) is 3.08. The van der Waals surface area contributed by atoms with Gasteiger partial charge in [-0.15, -0.1) is 0 Å². The molecule has 2 heterocycles. The van der Waals surface area contributed by atoms with E-state index in [4.69, 9.17) is 17.0 Å². The second-order valence-corrected chi connectivity index (χ2v) is 6.04. The van der Waals surface area contributed by atoms with Crippen molar-refractivity contribution in [1.82, 2.24) is 9.55 Å². The van der Waals surface area contributed by atoms with E-state index in [1.807, 2.05) is 17.6 Å². The van der Waals surface area contributed by atoms with Crippen molar-refractivity contribution in [2.75, 3.05) is 0 Å². The highest BCUT2D eigenvalue weighted by Gasteiger charge is 2.19. The summed E-state index contributed by atoms with van der Waals surface area (Å²) in [5, 5.41) is 8.58. The average Bonchev–Trinajstić information content (AvgIpc) is 2.46. The van der Waals surface area contributed by atoms with Crippen LogP contribution in [0.15, 0.2) is 18.3 Å². The van der Waals surface area contributed by atoms with Crippen molar-refractivity contribution >= 4 is 22.1 Å². The quantitative estimate of drug-likeness (QED) is 0.617. The largest absolute Gasteiger partial charge is 0.343 e. The molecule has 2 aromatic rings. The lowest BCUT2D eigenvalue weighted by atomic mass is 10.3.